The molecule has 0 N–H and O–H groups in total. The normalized spacial score (nSPS) is 13.1. The summed E-state index contributed by atoms with van der Waals surface area (Å²) in [6.07, 6.45) is 0. The monoisotopic (exact) mass is 1420 g/mol. The minimum Gasteiger partial charge on any atom is -0.0614 e. The Morgan fingerprint density at radius 1 is 0.302 bits per heavy atom. The van der Waals surface area contributed by atoms with Crippen LogP contribution in [0, 0.1) is 0 Å². The predicted molar refractivity (Wildman–Crippen MR) is 452 cm³/mol. The van der Waals surface area contributed by atoms with Crippen LogP contribution in [0.5, 0.6) is 0 Å². The van der Waals surface area contributed by atoms with Gasteiger partial charge in [-0.25, -0.2) is 0 Å². The molecule has 0 saturated carbocycles. The van der Waals surface area contributed by atoms with Crippen molar-refractivity contribution in [2.75, 3.05) is 14.7 Å². The zero-order chi connectivity index (χ0) is 71.3. The third kappa shape index (κ3) is 9.99. The zero-order valence-corrected chi connectivity index (χ0v) is 61.7. The number of hydrogen-bond acceptors (Lipinski definition) is 4. The second-order valence-electron chi connectivity index (χ2n) is 30.8. The molecule has 15 aromatic carbocycles. The maximum absolute atomic E-state index is 7.37. The summed E-state index contributed by atoms with van der Waals surface area (Å²) >= 11 is 3.81. The molecule has 20 rings (SSSR count). The molecule has 0 fully saturated rings. The molecule has 5 heterocycles. The summed E-state index contributed by atoms with van der Waals surface area (Å²) in [6, 6.07) is 125. The fourth-order valence-electron chi connectivity index (χ4n) is 17.6. The number of aromatic nitrogens is 1. The van der Waals surface area contributed by atoms with E-state index in [0.29, 0.717) is 0 Å². The first-order chi connectivity index (χ1) is 51.8. The summed E-state index contributed by atoms with van der Waals surface area (Å²) in [5, 5.41) is 4.63. The molecule has 0 aliphatic carbocycles. The number of fused-ring (bicyclic) bond motifs is 12. The molecule has 106 heavy (non-hydrogen) atoms. The van der Waals surface area contributed by atoms with Gasteiger partial charge in [0.05, 0.1) is 0 Å². The van der Waals surface area contributed by atoms with Crippen LogP contribution in [0.3, 0.4) is 0 Å². The van der Waals surface area contributed by atoms with Gasteiger partial charge in [-0.3, -0.25) is 0 Å². The molecule has 5 nitrogen and oxygen atoms in total. The van der Waals surface area contributed by atoms with Crippen LogP contribution in [-0.4, -0.2) is 34.0 Å². The van der Waals surface area contributed by atoms with Crippen LogP contribution in [-0.2, 0) is 10.8 Å². The van der Waals surface area contributed by atoms with Gasteiger partial charge < -0.3 is 0 Å². The number of hydrogen-bond donors (Lipinski definition) is 0. The average Bonchev–Trinajstić information content (AvgIpc) is 0.749. The summed E-state index contributed by atoms with van der Waals surface area (Å²) in [5.74, 6) is 0. The fourth-order valence-corrected chi connectivity index (χ4v) is 18.4. The molecular formula is C98H73B2N4OSe. The molecule has 1 radical (unpaired) electrons. The van der Waals surface area contributed by atoms with E-state index in [1.165, 1.54) is 65.7 Å². The summed E-state index contributed by atoms with van der Waals surface area (Å²) < 4.78 is 10.9. The van der Waals surface area contributed by atoms with Gasteiger partial charge in [-0.05, 0) is 17.2 Å². The quantitative estimate of drug-likeness (QED) is 0.135. The Morgan fingerprint density at radius 3 is 1.26 bits per heavy atom. The van der Waals surface area contributed by atoms with Crippen LogP contribution in [0.25, 0.3) is 93.9 Å². The van der Waals surface area contributed by atoms with Crippen molar-refractivity contribution in [3.8, 4) is 50.2 Å². The third-order valence-electron chi connectivity index (χ3n) is 22.6. The van der Waals surface area contributed by atoms with Crippen LogP contribution in [0.15, 0.2) is 338 Å². The summed E-state index contributed by atoms with van der Waals surface area (Å²) in [4.78, 5) is 7.95. The molecular weight excluding hydrogens is 1350 g/mol. The van der Waals surface area contributed by atoms with E-state index in [4.69, 9.17) is 4.42 Å². The van der Waals surface area contributed by atoms with Crippen molar-refractivity contribution in [1.29, 1.82) is 0 Å². The summed E-state index contributed by atoms with van der Waals surface area (Å²) in [6.45, 7) is 13.6. The molecule has 0 atom stereocenters. The van der Waals surface area contributed by atoms with E-state index in [-0.39, 0.29) is 24.3 Å². The van der Waals surface area contributed by atoms with Crippen LogP contribution >= 0.6 is 0 Å². The van der Waals surface area contributed by atoms with Gasteiger partial charge in [-0.2, -0.15) is 0 Å². The number of rotatable bonds is 9. The van der Waals surface area contributed by atoms with E-state index in [1.54, 1.807) is 0 Å². The standard InChI is InChI=1S/C98H73B2N4OSe/c1-97(2,3)66-56-87-92-88(57-66)103(94-70(62-30-11-7-12-31-62)41-27-42-71(94)63-32-13-8-14-33-63)83-49-25-22-46-78(83)100(92)80-60-79-86(61-85(80)102(87)84-50-29-45-77-76-40-21-26-51-90(76)105-96(77)84)104(95-72(64-34-15-9-16-35-64)43-28-44-73(95)65-36-17-10-18-37-65)89-58-67(98(4,5)6)59-91(106)93(89)99(79)68-52-54-69(55-53-68)101-81-47-23-19-38-74(81)75-39-20-24-48-82(75)101/h7-61H,1-6H3. The van der Waals surface area contributed by atoms with Gasteiger partial charge >= 0.3 is 498 Å². The smallest absolute Gasteiger partial charge is 0.0614 e. The third-order valence-corrected chi connectivity index (χ3v) is 23.3. The maximum atomic E-state index is 7.37. The Balaban J connectivity index is 0.944. The van der Waals surface area contributed by atoms with Crippen molar-refractivity contribution >= 4 is 162 Å². The second kappa shape index (κ2) is 24.5. The van der Waals surface area contributed by atoms with Gasteiger partial charge in [0, 0.05) is 0 Å². The van der Waals surface area contributed by atoms with Crippen molar-refractivity contribution in [1.82, 2.24) is 4.57 Å². The molecule has 2 aromatic heterocycles. The number of benzene rings is 15. The van der Waals surface area contributed by atoms with Crippen molar-refractivity contribution < 1.29 is 4.42 Å². The zero-order valence-electron chi connectivity index (χ0n) is 60.0. The van der Waals surface area contributed by atoms with Crippen molar-refractivity contribution in [3.63, 3.8) is 0 Å². The molecule has 503 valence electrons. The second-order valence-corrected chi connectivity index (χ2v) is 31.7. The first-order valence-corrected chi connectivity index (χ1v) is 37.9. The minimum absolute atomic E-state index is 0.226. The van der Waals surface area contributed by atoms with Crippen LogP contribution in [0.4, 0.5) is 51.2 Å². The van der Waals surface area contributed by atoms with E-state index in [0.717, 1.165) is 128 Å². The topological polar surface area (TPSA) is 27.8 Å². The Kier molecular flexibility index (Phi) is 14.7. The number of anilines is 9. The van der Waals surface area contributed by atoms with Crippen molar-refractivity contribution in [2.45, 2.75) is 52.4 Å². The van der Waals surface area contributed by atoms with Crippen molar-refractivity contribution in [2.24, 2.45) is 0 Å². The van der Waals surface area contributed by atoms with E-state index in [9.17, 15) is 0 Å². The van der Waals surface area contributed by atoms with Gasteiger partial charge in [0.1, 0.15) is 0 Å². The Bertz CT molecular complexity index is 6220. The SMILES string of the molecule is CC(C)(C)c1cc([Se])c2c(c1)N(c1c(-c3ccccc3)cccc1-c1ccccc1)c1cc3c(cc1B2c1ccc(-n2c4ccccc4c4ccccc42)cc1)B1c2ccccc2N(c2c(-c4ccccc4)cccc2-c2ccccc2)c2cc(C(C)(C)C)cc(c21)N3c1cccc2c1oc1ccccc12. The van der Waals surface area contributed by atoms with Crippen LogP contribution in [0.2, 0.25) is 0 Å². The van der Waals surface area contributed by atoms with E-state index in [1.807, 2.05) is 0 Å². The fraction of sp³-hybridized carbons (Fsp3) is 0.0816. The van der Waals surface area contributed by atoms with Crippen LogP contribution in [0.1, 0.15) is 52.7 Å². The van der Waals surface area contributed by atoms with E-state index in [2.05, 4.69) is 410 Å². The van der Waals surface area contributed by atoms with Gasteiger partial charge in [-0.1, -0.05) is 118 Å². The average molecular weight is 1420 g/mol. The molecule has 3 aliphatic rings. The Hall–Kier alpha value is -12.1. The molecule has 17 aromatic rings. The minimum atomic E-state index is -0.308. The van der Waals surface area contributed by atoms with E-state index >= 15 is 0 Å². The summed E-state index contributed by atoms with van der Waals surface area (Å²) in [7, 11) is 0. The number of furan rings is 1. The Morgan fingerprint density at radius 2 is 0.717 bits per heavy atom. The molecule has 8 heteroatoms. The van der Waals surface area contributed by atoms with Gasteiger partial charge in [0.25, 0.3) is 0 Å². The molecule has 3 aliphatic heterocycles. The van der Waals surface area contributed by atoms with Gasteiger partial charge in [0.2, 0.25) is 0 Å². The Labute approximate surface area is 628 Å². The molecule has 0 unspecified atom stereocenters. The van der Waals surface area contributed by atoms with E-state index < -0.39 is 0 Å². The van der Waals surface area contributed by atoms with Crippen LogP contribution < -0.4 is 51.9 Å². The summed E-state index contributed by atoms with van der Waals surface area (Å²) in [5.41, 5.74) is 33.4. The molecule has 0 saturated heterocycles. The molecule has 0 spiro atoms. The van der Waals surface area contributed by atoms with Crippen molar-refractivity contribution in [3.05, 3.63) is 345 Å². The van der Waals surface area contributed by atoms with Gasteiger partial charge in [0.15, 0.2) is 0 Å². The predicted octanol–water partition coefficient (Wildman–Crippen LogP) is 21.1. The number of para-hydroxylation sites is 7. The first kappa shape index (κ1) is 63.6. The van der Waals surface area contributed by atoms with Gasteiger partial charge in [-0.15, -0.1) is 0 Å². The molecule has 0 bridgehead atoms. The first-order valence-electron chi connectivity index (χ1n) is 37.0. The molecule has 0 amide bonds. The number of nitrogens with zero attached hydrogens (tertiary/aromatic N) is 4.